The number of carbonyl (C=O) groups is 1. The highest BCUT2D eigenvalue weighted by Gasteiger charge is 2.23. The summed E-state index contributed by atoms with van der Waals surface area (Å²) >= 11 is 0.965. The van der Waals surface area contributed by atoms with Gasteiger partial charge in [0.05, 0.1) is 22.2 Å². The van der Waals surface area contributed by atoms with E-state index >= 15 is 0 Å². The van der Waals surface area contributed by atoms with Crippen LogP contribution in [0.5, 0.6) is 0 Å². The molecule has 0 aliphatic rings. The Morgan fingerprint density at radius 3 is 2.41 bits per heavy atom. The van der Waals surface area contributed by atoms with Crippen LogP contribution in [0.25, 0.3) is 10.4 Å². The van der Waals surface area contributed by atoms with E-state index in [0.29, 0.717) is 21.6 Å². The van der Waals surface area contributed by atoms with Crippen molar-refractivity contribution in [3.05, 3.63) is 70.6 Å². The Morgan fingerprint density at radius 2 is 1.81 bits per heavy atom. The standard InChI is InChI=1S/C19H14N2O4S2/c1-12-4-2-3-5-17(12)27(24,25)21-15-10-16(26-18(15)19(22)23)14-8-6-13(11-20)7-9-14/h2-10,21H,1H3,(H,22,23). The molecule has 0 radical (unpaired) electrons. The van der Waals surface area contributed by atoms with Crippen LogP contribution < -0.4 is 4.72 Å². The maximum Gasteiger partial charge on any atom is 0.348 e. The van der Waals surface area contributed by atoms with Gasteiger partial charge in [0.25, 0.3) is 10.0 Å². The van der Waals surface area contributed by atoms with Gasteiger partial charge in [-0.15, -0.1) is 11.3 Å². The zero-order valence-electron chi connectivity index (χ0n) is 14.1. The minimum atomic E-state index is -3.93. The zero-order valence-corrected chi connectivity index (χ0v) is 15.8. The lowest BCUT2D eigenvalue weighted by Gasteiger charge is -2.09. The number of rotatable bonds is 5. The molecule has 2 aromatic carbocycles. The molecule has 6 nitrogen and oxygen atoms in total. The van der Waals surface area contributed by atoms with Crippen LogP contribution in [0.3, 0.4) is 0 Å². The zero-order chi connectivity index (χ0) is 19.6. The molecule has 0 aliphatic heterocycles. The third-order valence-corrected chi connectivity index (χ3v) is 6.55. The Balaban J connectivity index is 2.02. The molecule has 1 heterocycles. The number of aryl methyl sites for hydroxylation is 1. The predicted molar refractivity (Wildman–Crippen MR) is 103 cm³/mol. The van der Waals surface area contributed by atoms with Gasteiger partial charge in [-0.05, 0) is 42.3 Å². The van der Waals surface area contributed by atoms with Gasteiger partial charge in [-0.25, -0.2) is 13.2 Å². The van der Waals surface area contributed by atoms with E-state index in [0.717, 1.165) is 11.3 Å². The monoisotopic (exact) mass is 398 g/mol. The summed E-state index contributed by atoms with van der Waals surface area (Å²) in [5.41, 5.74) is 1.75. The lowest BCUT2D eigenvalue weighted by atomic mass is 10.1. The Bertz CT molecular complexity index is 1160. The summed E-state index contributed by atoms with van der Waals surface area (Å²) < 4.78 is 27.8. The normalized spacial score (nSPS) is 11.0. The van der Waals surface area contributed by atoms with E-state index in [9.17, 15) is 18.3 Å². The maximum atomic E-state index is 12.7. The molecule has 0 aliphatic carbocycles. The van der Waals surface area contributed by atoms with Crippen LogP contribution in [0, 0.1) is 18.3 Å². The molecule has 0 unspecified atom stereocenters. The molecule has 0 saturated heterocycles. The summed E-state index contributed by atoms with van der Waals surface area (Å²) in [4.78, 5) is 12.2. The number of hydrogen-bond donors (Lipinski definition) is 2. The van der Waals surface area contributed by atoms with Crippen molar-refractivity contribution in [3.63, 3.8) is 0 Å². The van der Waals surface area contributed by atoms with Gasteiger partial charge in [-0.2, -0.15) is 5.26 Å². The second-order valence-corrected chi connectivity index (χ2v) is 8.42. The minimum absolute atomic E-state index is 0.00936. The molecule has 8 heteroatoms. The molecule has 0 spiro atoms. The Labute approximate surface area is 160 Å². The fourth-order valence-electron chi connectivity index (χ4n) is 2.53. The lowest BCUT2D eigenvalue weighted by molar-refractivity contribution is 0.0703. The van der Waals surface area contributed by atoms with Gasteiger partial charge in [0.2, 0.25) is 0 Å². The number of nitrogens with zero attached hydrogens (tertiary/aromatic N) is 1. The molecule has 3 aromatic rings. The van der Waals surface area contributed by atoms with Crippen LogP contribution in [0.15, 0.2) is 59.5 Å². The number of hydrogen-bond acceptors (Lipinski definition) is 5. The van der Waals surface area contributed by atoms with E-state index in [4.69, 9.17) is 5.26 Å². The average Bonchev–Trinajstić information content (AvgIpc) is 3.05. The Hall–Kier alpha value is -3.15. The topological polar surface area (TPSA) is 107 Å². The first-order valence-electron chi connectivity index (χ1n) is 7.78. The summed E-state index contributed by atoms with van der Waals surface area (Å²) in [6.45, 7) is 1.67. The highest BCUT2D eigenvalue weighted by Crippen LogP contribution is 2.36. The third-order valence-electron chi connectivity index (χ3n) is 3.85. The van der Waals surface area contributed by atoms with Crippen molar-refractivity contribution in [2.75, 3.05) is 4.72 Å². The number of benzene rings is 2. The smallest absolute Gasteiger partial charge is 0.348 e. The largest absolute Gasteiger partial charge is 0.477 e. The molecule has 2 N–H and O–H groups in total. The Kier molecular flexibility index (Phi) is 4.99. The van der Waals surface area contributed by atoms with Crippen molar-refractivity contribution in [1.82, 2.24) is 0 Å². The van der Waals surface area contributed by atoms with Crippen LogP contribution >= 0.6 is 11.3 Å². The van der Waals surface area contributed by atoms with Gasteiger partial charge in [0.15, 0.2) is 0 Å². The first-order valence-corrected chi connectivity index (χ1v) is 10.1. The molecule has 0 bridgehead atoms. The first-order chi connectivity index (χ1) is 12.8. The average molecular weight is 398 g/mol. The SMILES string of the molecule is Cc1ccccc1S(=O)(=O)Nc1cc(-c2ccc(C#N)cc2)sc1C(=O)O. The van der Waals surface area contributed by atoms with Gasteiger partial charge in [0.1, 0.15) is 4.88 Å². The van der Waals surface area contributed by atoms with Gasteiger partial charge in [-0.1, -0.05) is 30.3 Å². The highest BCUT2D eigenvalue weighted by molar-refractivity contribution is 7.92. The van der Waals surface area contributed by atoms with Crippen molar-refractivity contribution in [1.29, 1.82) is 5.26 Å². The number of nitrogens with one attached hydrogen (secondary N) is 1. The van der Waals surface area contributed by atoms with Crippen LogP contribution in [0.4, 0.5) is 5.69 Å². The molecule has 136 valence electrons. The van der Waals surface area contributed by atoms with E-state index in [1.165, 1.54) is 12.1 Å². The summed E-state index contributed by atoms with van der Waals surface area (Å²) in [5.74, 6) is -1.22. The number of nitriles is 1. The van der Waals surface area contributed by atoms with E-state index in [1.54, 1.807) is 49.4 Å². The van der Waals surface area contributed by atoms with Gasteiger partial charge in [0, 0.05) is 4.88 Å². The third kappa shape index (κ3) is 3.84. The number of carboxylic acids is 1. The van der Waals surface area contributed by atoms with E-state index in [-0.39, 0.29) is 15.5 Å². The van der Waals surface area contributed by atoms with Crippen molar-refractivity contribution < 1.29 is 18.3 Å². The highest BCUT2D eigenvalue weighted by atomic mass is 32.2. The molecule has 0 saturated carbocycles. The number of carboxylic acid groups (broad SMARTS) is 1. The molecule has 0 atom stereocenters. The van der Waals surface area contributed by atoms with Crippen LogP contribution in [0.2, 0.25) is 0 Å². The summed E-state index contributed by atoms with van der Waals surface area (Å²) in [6, 6.07) is 16.6. The van der Waals surface area contributed by atoms with Crippen molar-refractivity contribution >= 4 is 33.0 Å². The van der Waals surface area contributed by atoms with E-state index < -0.39 is 16.0 Å². The van der Waals surface area contributed by atoms with Gasteiger partial charge in [-0.3, -0.25) is 4.72 Å². The summed E-state index contributed by atoms with van der Waals surface area (Å²) in [7, 11) is -3.93. The molecule has 3 rings (SSSR count). The van der Waals surface area contributed by atoms with Crippen molar-refractivity contribution in [3.8, 4) is 16.5 Å². The van der Waals surface area contributed by atoms with E-state index in [1.807, 2.05) is 6.07 Å². The second-order valence-electron chi connectivity index (χ2n) is 5.72. The summed E-state index contributed by atoms with van der Waals surface area (Å²) in [6.07, 6.45) is 0. The van der Waals surface area contributed by atoms with Gasteiger partial charge < -0.3 is 5.11 Å². The molecule has 27 heavy (non-hydrogen) atoms. The number of anilines is 1. The van der Waals surface area contributed by atoms with Gasteiger partial charge >= 0.3 is 5.97 Å². The molecule has 0 fully saturated rings. The molecule has 1 aromatic heterocycles. The predicted octanol–water partition coefficient (Wildman–Crippen LogP) is 4.09. The minimum Gasteiger partial charge on any atom is -0.477 e. The van der Waals surface area contributed by atoms with Crippen molar-refractivity contribution in [2.45, 2.75) is 11.8 Å². The summed E-state index contributed by atoms with van der Waals surface area (Å²) in [5, 5.41) is 18.3. The Morgan fingerprint density at radius 1 is 1.15 bits per heavy atom. The van der Waals surface area contributed by atoms with Crippen molar-refractivity contribution in [2.24, 2.45) is 0 Å². The molecular weight excluding hydrogens is 384 g/mol. The van der Waals surface area contributed by atoms with Crippen LogP contribution in [0.1, 0.15) is 20.8 Å². The fourth-order valence-corrected chi connectivity index (χ4v) is 4.87. The molecule has 0 amide bonds. The van der Waals surface area contributed by atoms with E-state index in [2.05, 4.69) is 4.72 Å². The quantitative estimate of drug-likeness (QED) is 0.673. The van der Waals surface area contributed by atoms with Crippen LogP contribution in [-0.2, 0) is 10.0 Å². The van der Waals surface area contributed by atoms with Crippen LogP contribution in [-0.4, -0.2) is 19.5 Å². The maximum absolute atomic E-state index is 12.7. The lowest BCUT2D eigenvalue weighted by Crippen LogP contribution is -2.15. The number of sulfonamides is 1. The number of thiophene rings is 1. The number of aromatic carboxylic acids is 1. The fraction of sp³-hybridized carbons (Fsp3) is 0.0526. The molecular formula is C19H14N2O4S2. The second kappa shape index (κ2) is 7.23. The first kappa shape index (κ1) is 18.6.